The Balaban J connectivity index is 4.27. The fraction of sp³-hybridized carbons (Fsp3) is 1.00. The largest absolute Gasteiger partial charge is 0.500 e. The third-order valence-electron chi connectivity index (χ3n) is 8.97. The molecular weight excluding hydrogens is 498 g/mol. The minimum Gasteiger partial charge on any atom is -0.377 e. The maximum Gasteiger partial charge on any atom is 0.500 e. The highest BCUT2D eigenvalue weighted by molar-refractivity contribution is 6.60. The van der Waals surface area contributed by atoms with Gasteiger partial charge in [0.2, 0.25) is 0 Å². The molecular formula is C34H74NO3Si+. The molecule has 0 heterocycles. The van der Waals surface area contributed by atoms with Crippen molar-refractivity contribution in [2.24, 2.45) is 0 Å². The van der Waals surface area contributed by atoms with Gasteiger partial charge in [-0.25, -0.2) is 0 Å². The Hall–Kier alpha value is 0.0569. The lowest BCUT2D eigenvalue weighted by Gasteiger charge is -2.35. The first kappa shape index (κ1) is 39.1. The average Bonchev–Trinajstić information content (AvgIpc) is 2.95. The van der Waals surface area contributed by atoms with E-state index in [0.29, 0.717) is 0 Å². The molecule has 4 nitrogen and oxygen atoms in total. The average molecular weight is 573 g/mol. The number of hydrogen-bond acceptors (Lipinski definition) is 3. The zero-order valence-corrected chi connectivity index (χ0v) is 29.0. The summed E-state index contributed by atoms with van der Waals surface area (Å²) in [5.74, 6) is 0. The van der Waals surface area contributed by atoms with E-state index in [0.717, 1.165) is 12.5 Å². The monoisotopic (exact) mass is 573 g/mol. The van der Waals surface area contributed by atoms with Crippen LogP contribution >= 0.6 is 0 Å². The standard InChI is InChI=1S/C34H74NO3Si/c1-7-9-11-13-15-17-19-21-23-25-27-31-35(3,33-29-30-34-39(36-4,37-5)38-6)32-28-26-24-22-20-18-16-14-12-10-8-2/h7-34H2,1-6H3/q+1. The van der Waals surface area contributed by atoms with Crippen LogP contribution in [-0.4, -0.2) is 61.3 Å². The lowest BCUT2D eigenvalue weighted by molar-refractivity contribution is -0.910. The maximum absolute atomic E-state index is 5.65. The Bertz CT molecular complexity index is 453. The first-order valence-corrected chi connectivity index (χ1v) is 19.4. The van der Waals surface area contributed by atoms with Crippen molar-refractivity contribution < 1.29 is 17.8 Å². The molecule has 0 rings (SSSR count). The molecule has 0 aromatic carbocycles. The highest BCUT2D eigenvalue weighted by Crippen LogP contribution is 2.20. The number of hydrogen-bond donors (Lipinski definition) is 0. The van der Waals surface area contributed by atoms with Gasteiger partial charge in [0.15, 0.2) is 0 Å². The Morgan fingerprint density at radius 3 is 0.923 bits per heavy atom. The van der Waals surface area contributed by atoms with E-state index >= 15 is 0 Å². The number of nitrogens with zero attached hydrogens (tertiary/aromatic N) is 1. The van der Waals surface area contributed by atoms with Crippen molar-refractivity contribution in [3.8, 4) is 0 Å². The molecule has 0 aromatic rings. The van der Waals surface area contributed by atoms with Gasteiger partial charge < -0.3 is 17.8 Å². The highest BCUT2D eigenvalue weighted by Gasteiger charge is 2.37. The van der Waals surface area contributed by atoms with Gasteiger partial charge in [0.05, 0.1) is 26.7 Å². The van der Waals surface area contributed by atoms with Gasteiger partial charge in [-0.2, -0.15) is 0 Å². The highest BCUT2D eigenvalue weighted by atomic mass is 28.4. The van der Waals surface area contributed by atoms with Gasteiger partial charge >= 0.3 is 8.80 Å². The van der Waals surface area contributed by atoms with E-state index in [2.05, 4.69) is 20.9 Å². The van der Waals surface area contributed by atoms with Crippen LogP contribution in [0.5, 0.6) is 0 Å². The second-order valence-corrected chi connectivity index (χ2v) is 15.7. The Morgan fingerprint density at radius 1 is 0.385 bits per heavy atom. The molecule has 0 saturated carbocycles. The van der Waals surface area contributed by atoms with Gasteiger partial charge in [0.1, 0.15) is 0 Å². The second kappa shape index (κ2) is 28.2. The SMILES string of the molecule is CCCCCCCCCCCCC[N+](C)(CCCCCCCCCCCCC)CCCC[Si](OC)(OC)OC. The van der Waals surface area contributed by atoms with Crippen LogP contribution in [0, 0.1) is 0 Å². The van der Waals surface area contributed by atoms with Crippen LogP contribution < -0.4 is 0 Å². The van der Waals surface area contributed by atoms with Gasteiger partial charge in [-0.05, 0) is 38.5 Å². The molecule has 0 radical (unpaired) electrons. The van der Waals surface area contributed by atoms with Crippen LogP contribution in [0.4, 0.5) is 0 Å². The van der Waals surface area contributed by atoms with E-state index in [9.17, 15) is 0 Å². The number of rotatable bonds is 32. The van der Waals surface area contributed by atoms with Crippen molar-refractivity contribution in [3.05, 3.63) is 0 Å². The molecule has 0 unspecified atom stereocenters. The topological polar surface area (TPSA) is 27.7 Å². The van der Waals surface area contributed by atoms with Gasteiger partial charge in [0, 0.05) is 27.4 Å². The van der Waals surface area contributed by atoms with Crippen LogP contribution in [0.25, 0.3) is 0 Å². The van der Waals surface area contributed by atoms with E-state index in [1.54, 1.807) is 21.3 Å². The fourth-order valence-electron chi connectivity index (χ4n) is 6.04. The summed E-state index contributed by atoms with van der Waals surface area (Å²) >= 11 is 0. The Kier molecular flexibility index (Phi) is 28.2. The summed E-state index contributed by atoms with van der Waals surface area (Å²) in [7, 11) is 5.30. The van der Waals surface area contributed by atoms with Crippen molar-refractivity contribution in [2.75, 3.05) is 48.0 Å². The third kappa shape index (κ3) is 23.3. The predicted molar refractivity (Wildman–Crippen MR) is 175 cm³/mol. The van der Waals surface area contributed by atoms with Gasteiger partial charge in [-0.1, -0.05) is 129 Å². The summed E-state index contributed by atoms with van der Waals surface area (Å²) in [6.07, 6.45) is 33.7. The molecule has 0 atom stereocenters. The normalized spacial score (nSPS) is 12.5. The van der Waals surface area contributed by atoms with E-state index < -0.39 is 8.80 Å². The van der Waals surface area contributed by atoms with E-state index in [1.807, 2.05) is 0 Å². The minimum absolute atomic E-state index is 0.924. The first-order chi connectivity index (χ1) is 19.0. The quantitative estimate of drug-likeness (QED) is 0.0456. The molecule has 5 heteroatoms. The lowest BCUT2D eigenvalue weighted by atomic mass is 10.0. The van der Waals surface area contributed by atoms with Crippen molar-refractivity contribution in [2.45, 2.75) is 174 Å². The summed E-state index contributed by atoms with van der Waals surface area (Å²) in [6.45, 7) is 8.57. The van der Waals surface area contributed by atoms with Crippen LogP contribution in [0.1, 0.15) is 168 Å². The van der Waals surface area contributed by atoms with Crippen molar-refractivity contribution in [1.82, 2.24) is 0 Å². The zero-order chi connectivity index (χ0) is 28.9. The van der Waals surface area contributed by atoms with E-state index in [4.69, 9.17) is 13.3 Å². The lowest BCUT2D eigenvalue weighted by Crippen LogP contribution is -2.47. The molecule has 0 aliphatic rings. The van der Waals surface area contributed by atoms with Crippen LogP contribution in [0.3, 0.4) is 0 Å². The molecule has 0 saturated heterocycles. The summed E-state index contributed by atoms with van der Waals surface area (Å²) in [4.78, 5) is 0. The Labute approximate surface area is 248 Å². The summed E-state index contributed by atoms with van der Waals surface area (Å²) in [5, 5.41) is 0. The first-order valence-electron chi connectivity index (χ1n) is 17.5. The molecule has 0 spiro atoms. The van der Waals surface area contributed by atoms with Crippen LogP contribution in [-0.2, 0) is 13.3 Å². The maximum atomic E-state index is 5.65. The number of unbranched alkanes of at least 4 members (excludes halogenated alkanes) is 21. The van der Waals surface area contributed by atoms with Crippen molar-refractivity contribution >= 4 is 8.80 Å². The molecule has 0 aliphatic carbocycles. The number of quaternary nitrogens is 1. The fourth-order valence-corrected chi connectivity index (χ4v) is 7.84. The van der Waals surface area contributed by atoms with Crippen LogP contribution in [0.15, 0.2) is 0 Å². The van der Waals surface area contributed by atoms with Crippen molar-refractivity contribution in [1.29, 1.82) is 0 Å². The van der Waals surface area contributed by atoms with E-state index in [1.165, 1.54) is 172 Å². The summed E-state index contributed by atoms with van der Waals surface area (Å²) in [5.41, 5.74) is 0. The minimum atomic E-state index is -2.43. The van der Waals surface area contributed by atoms with Gasteiger partial charge in [-0.15, -0.1) is 0 Å². The molecule has 0 bridgehead atoms. The van der Waals surface area contributed by atoms with Gasteiger partial charge in [0.25, 0.3) is 0 Å². The zero-order valence-electron chi connectivity index (χ0n) is 28.0. The second-order valence-electron chi connectivity index (χ2n) is 12.6. The molecule has 39 heavy (non-hydrogen) atoms. The molecule has 0 aliphatic heterocycles. The molecule has 0 aromatic heterocycles. The third-order valence-corrected chi connectivity index (χ3v) is 11.8. The smallest absolute Gasteiger partial charge is 0.377 e. The molecule has 0 amide bonds. The molecule has 0 fully saturated rings. The van der Waals surface area contributed by atoms with Gasteiger partial charge in [-0.3, -0.25) is 0 Å². The predicted octanol–water partition coefficient (Wildman–Crippen LogP) is 10.7. The Morgan fingerprint density at radius 2 is 0.641 bits per heavy atom. The summed E-state index contributed by atoms with van der Waals surface area (Å²) in [6, 6.07) is 0.924. The molecule has 0 N–H and O–H groups in total. The van der Waals surface area contributed by atoms with E-state index in [-0.39, 0.29) is 0 Å². The summed E-state index contributed by atoms with van der Waals surface area (Å²) < 4.78 is 18.2. The van der Waals surface area contributed by atoms with Crippen LogP contribution in [0.2, 0.25) is 6.04 Å². The van der Waals surface area contributed by atoms with Crippen molar-refractivity contribution in [3.63, 3.8) is 0 Å². The molecule has 236 valence electrons.